The van der Waals surface area contributed by atoms with E-state index in [9.17, 15) is 9.59 Å². The number of aromatic amines is 1. The van der Waals surface area contributed by atoms with Gasteiger partial charge < -0.3 is 5.32 Å². The minimum absolute atomic E-state index is 0.00914. The lowest BCUT2D eigenvalue weighted by molar-refractivity contribution is -0.121. The molecule has 6 nitrogen and oxygen atoms in total. The van der Waals surface area contributed by atoms with Gasteiger partial charge in [0.2, 0.25) is 5.91 Å². The Kier molecular flexibility index (Phi) is 5.17. The Morgan fingerprint density at radius 1 is 1.35 bits per heavy atom. The molecular formula is C13H20N4O2S. The van der Waals surface area contributed by atoms with E-state index < -0.39 is 0 Å². The molecule has 1 aromatic heterocycles. The average molecular weight is 296 g/mol. The Hall–Kier alpha value is -1.37. The maximum atomic E-state index is 12.1. The van der Waals surface area contributed by atoms with Gasteiger partial charge in [0, 0.05) is 6.04 Å². The largest absolute Gasteiger partial charge is 0.352 e. The lowest BCUT2D eigenvalue weighted by atomic mass is 9.95. The zero-order valence-electron chi connectivity index (χ0n) is 11.8. The van der Waals surface area contributed by atoms with Crippen molar-refractivity contribution >= 4 is 17.7 Å². The average Bonchev–Trinajstić information content (AvgIpc) is 2.44. The molecule has 20 heavy (non-hydrogen) atoms. The molecule has 0 saturated heterocycles. The van der Waals surface area contributed by atoms with E-state index in [4.69, 9.17) is 0 Å². The summed E-state index contributed by atoms with van der Waals surface area (Å²) in [5, 5.41) is 10.8. The molecule has 1 aliphatic rings. The molecule has 1 saturated carbocycles. The van der Waals surface area contributed by atoms with Crippen LogP contribution in [0.25, 0.3) is 0 Å². The van der Waals surface area contributed by atoms with Crippen LogP contribution in [0.1, 0.15) is 44.7 Å². The molecule has 0 aromatic carbocycles. The Morgan fingerprint density at radius 2 is 2.05 bits per heavy atom. The van der Waals surface area contributed by atoms with Crippen molar-refractivity contribution in [3.8, 4) is 0 Å². The van der Waals surface area contributed by atoms with Gasteiger partial charge in [0.1, 0.15) is 5.69 Å². The second-order valence-electron chi connectivity index (χ2n) is 5.15. The lowest BCUT2D eigenvalue weighted by Crippen LogP contribution is -2.40. The van der Waals surface area contributed by atoms with Crippen molar-refractivity contribution in [1.82, 2.24) is 20.5 Å². The first kappa shape index (κ1) is 15.0. The molecule has 0 spiro atoms. The summed E-state index contributed by atoms with van der Waals surface area (Å²) in [5.74, 6) is -0.00914. The molecule has 1 atom stereocenters. The van der Waals surface area contributed by atoms with E-state index in [1.165, 1.54) is 31.0 Å². The van der Waals surface area contributed by atoms with Crippen LogP contribution in [0.2, 0.25) is 0 Å². The normalized spacial score (nSPS) is 17.7. The fourth-order valence-corrected chi connectivity index (χ4v) is 2.97. The van der Waals surface area contributed by atoms with Crippen LogP contribution in [0.3, 0.4) is 0 Å². The van der Waals surface area contributed by atoms with E-state index in [0.29, 0.717) is 16.9 Å². The third kappa shape index (κ3) is 4.06. The van der Waals surface area contributed by atoms with Gasteiger partial charge in [-0.05, 0) is 26.7 Å². The predicted octanol–water partition coefficient (Wildman–Crippen LogP) is 1.40. The minimum Gasteiger partial charge on any atom is -0.352 e. The summed E-state index contributed by atoms with van der Waals surface area (Å²) in [4.78, 5) is 26.2. The molecule has 110 valence electrons. The van der Waals surface area contributed by atoms with Crippen LogP contribution in [-0.2, 0) is 4.79 Å². The van der Waals surface area contributed by atoms with E-state index in [-0.39, 0.29) is 16.7 Å². The highest BCUT2D eigenvalue weighted by molar-refractivity contribution is 8.00. The first-order valence-corrected chi connectivity index (χ1v) is 7.85. The van der Waals surface area contributed by atoms with Gasteiger partial charge in [0.25, 0.3) is 5.56 Å². The zero-order chi connectivity index (χ0) is 14.5. The van der Waals surface area contributed by atoms with Gasteiger partial charge >= 0.3 is 0 Å². The number of hydrogen-bond acceptors (Lipinski definition) is 5. The highest BCUT2D eigenvalue weighted by Gasteiger charge is 2.21. The number of amides is 1. The molecule has 7 heteroatoms. The van der Waals surface area contributed by atoms with Gasteiger partial charge in [-0.3, -0.25) is 14.6 Å². The van der Waals surface area contributed by atoms with E-state index in [0.717, 1.165) is 12.8 Å². The Balaban J connectivity index is 1.89. The molecule has 1 aromatic rings. The number of H-pyrrole nitrogens is 1. The quantitative estimate of drug-likeness (QED) is 0.820. The van der Waals surface area contributed by atoms with Crippen molar-refractivity contribution in [1.29, 1.82) is 0 Å². The molecule has 0 aliphatic heterocycles. The number of nitrogens with zero attached hydrogens (tertiary/aromatic N) is 2. The van der Waals surface area contributed by atoms with Crippen molar-refractivity contribution in [3.05, 3.63) is 16.0 Å². The Morgan fingerprint density at radius 3 is 2.70 bits per heavy atom. The van der Waals surface area contributed by atoms with Gasteiger partial charge in [-0.2, -0.15) is 0 Å². The molecule has 0 radical (unpaired) electrons. The maximum Gasteiger partial charge on any atom is 0.273 e. The number of aromatic nitrogens is 3. The fourth-order valence-electron chi connectivity index (χ4n) is 2.22. The van der Waals surface area contributed by atoms with Crippen molar-refractivity contribution in [2.45, 2.75) is 62.4 Å². The Bertz CT molecular complexity index is 525. The van der Waals surface area contributed by atoms with Crippen molar-refractivity contribution in [2.75, 3.05) is 0 Å². The second kappa shape index (κ2) is 6.88. The Labute approximate surface area is 122 Å². The second-order valence-corrected chi connectivity index (χ2v) is 6.48. The summed E-state index contributed by atoms with van der Waals surface area (Å²) in [6.45, 7) is 3.40. The first-order valence-electron chi connectivity index (χ1n) is 6.97. The maximum absolute atomic E-state index is 12.1. The fraction of sp³-hybridized carbons (Fsp3) is 0.692. The molecule has 2 rings (SSSR count). The van der Waals surface area contributed by atoms with Crippen LogP contribution in [0.5, 0.6) is 0 Å². The molecule has 1 unspecified atom stereocenters. The number of carbonyl (C=O) groups excluding carboxylic acids is 1. The van der Waals surface area contributed by atoms with Gasteiger partial charge in [0.05, 0.1) is 5.25 Å². The summed E-state index contributed by atoms with van der Waals surface area (Å²) in [5.41, 5.74) is 0.0658. The number of nitrogens with one attached hydrogen (secondary N) is 2. The van der Waals surface area contributed by atoms with Gasteiger partial charge in [-0.15, -0.1) is 10.2 Å². The summed E-state index contributed by atoms with van der Waals surface area (Å²) in [7, 11) is 0. The van der Waals surface area contributed by atoms with Crippen LogP contribution >= 0.6 is 11.8 Å². The van der Waals surface area contributed by atoms with Gasteiger partial charge in [-0.1, -0.05) is 31.0 Å². The van der Waals surface area contributed by atoms with Crippen molar-refractivity contribution in [3.63, 3.8) is 0 Å². The minimum atomic E-state index is -0.301. The molecule has 1 fully saturated rings. The third-order valence-electron chi connectivity index (χ3n) is 3.45. The van der Waals surface area contributed by atoms with Crippen LogP contribution in [0.15, 0.2) is 9.95 Å². The standard InChI is InChI=1S/C13H20N4O2S/c1-8-11(18)15-13(17-16-8)20-9(2)12(19)14-10-6-4-3-5-7-10/h9-10H,3-7H2,1-2H3,(H,14,19)(H,15,17,18). The van der Waals surface area contributed by atoms with Gasteiger partial charge in [-0.25, -0.2) is 0 Å². The predicted molar refractivity (Wildman–Crippen MR) is 77.7 cm³/mol. The molecule has 2 N–H and O–H groups in total. The van der Waals surface area contributed by atoms with E-state index in [1.807, 2.05) is 6.92 Å². The number of rotatable bonds is 4. The lowest BCUT2D eigenvalue weighted by Gasteiger charge is -2.24. The van der Waals surface area contributed by atoms with E-state index >= 15 is 0 Å². The number of aryl methyl sites for hydroxylation is 1. The monoisotopic (exact) mass is 296 g/mol. The molecule has 1 aliphatic carbocycles. The number of hydrogen-bond donors (Lipinski definition) is 2. The van der Waals surface area contributed by atoms with Crippen LogP contribution in [0, 0.1) is 6.92 Å². The van der Waals surface area contributed by atoms with E-state index in [1.54, 1.807) is 6.92 Å². The molecule has 0 bridgehead atoms. The molecule has 1 amide bonds. The van der Waals surface area contributed by atoms with Crippen LogP contribution < -0.4 is 10.9 Å². The summed E-state index contributed by atoms with van der Waals surface area (Å²) in [6, 6.07) is 0.294. The van der Waals surface area contributed by atoms with Crippen molar-refractivity contribution < 1.29 is 4.79 Å². The highest BCUT2D eigenvalue weighted by Crippen LogP contribution is 2.20. The van der Waals surface area contributed by atoms with Crippen molar-refractivity contribution in [2.24, 2.45) is 0 Å². The smallest absolute Gasteiger partial charge is 0.273 e. The van der Waals surface area contributed by atoms with Crippen LogP contribution in [0.4, 0.5) is 0 Å². The van der Waals surface area contributed by atoms with Gasteiger partial charge in [0.15, 0.2) is 5.16 Å². The summed E-state index contributed by atoms with van der Waals surface area (Å²) in [6.07, 6.45) is 5.75. The first-order chi connectivity index (χ1) is 9.56. The summed E-state index contributed by atoms with van der Waals surface area (Å²) >= 11 is 1.22. The van der Waals surface area contributed by atoms with E-state index in [2.05, 4.69) is 20.5 Å². The number of carbonyl (C=O) groups is 1. The summed E-state index contributed by atoms with van der Waals surface area (Å²) < 4.78 is 0. The topological polar surface area (TPSA) is 87.7 Å². The molecular weight excluding hydrogens is 276 g/mol. The number of thioether (sulfide) groups is 1. The third-order valence-corrected chi connectivity index (χ3v) is 4.42. The molecule has 1 heterocycles. The van der Waals surface area contributed by atoms with Crippen LogP contribution in [-0.4, -0.2) is 32.4 Å². The SMILES string of the molecule is Cc1nnc(SC(C)C(=O)NC2CCCCC2)[nH]c1=O. The highest BCUT2D eigenvalue weighted by atomic mass is 32.2. The zero-order valence-corrected chi connectivity index (χ0v) is 12.6.